The van der Waals surface area contributed by atoms with Crippen molar-refractivity contribution < 1.29 is 13.2 Å². The van der Waals surface area contributed by atoms with E-state index in [1.165, 1.54) is 37.5 Å². The SMILES string of the molecule is CC(=O)c1ccc(S(=O)(=O)Nc2ccc(-n3cnc(Cl)c3Cl)cc2)cc1. The summed E-state index contributed by atoms with van der Waals surface area (Å²) in [4.78, 5) is 15.2. The third kappa shape index (κ3) is 3.75. The maximum Gasteiger partial charge on any atom is 0.261 e. The summed E-state index contributed by atoms with van der Waals surface area (Å²) in [5.74, 6) is -0.129. The Morgan fingerprint density at radius 2 is 1.65 bits per heavy atom. The van der Waals surface area contributed by atoms with Crippen LogP contribution in [0.2, 0.25) is 10.3 Å². The molecule has 134 valence electrons. The molecule has 1 aromatic heterocycles. The van der Waals surface area contributed by atoms with E-state index in [1.54, 1.807) is 28.8 Å². The zero-order valence-electron chi connectivity index (χ0n) is 13.5. The molecule has 0 aliphatic rings. The van der Waals surface area contributed by atoms with Gasteiger partial charge in [0.25, 0.3) is 10.0 Å². The molecule has 2 aromatic carbocycles. The number of aromatic nitrogens is 2. The first kappa shape index (κ1) is 18.4. The zero-order chi connectivity index (χ0) is 18.9. The van der Waals surface area contributed by atoms with E-state index in [0.717, 1.165) is 0 Å². The molecule has 0 aliphatic heterocycles. The van der Waals surface area contributed by atoms with Crippen molar-refractivity contribution in [3.05, 3.63) is 70.7 Å². The second-order valence-corrected chi connectivity index (χ2v) is 7.83. The van der Waals surface area contributed by atoms with E-state index in [2.05, 4.69) is 9.71 Å². The zero-order valence-corrected chi connectivity index (χ0v) is 15.8. The Bertz CT molecular complexity index is 1060. The predicted molar refractivity (Wildman–Crippen MR) is 101 cm³/mol. The average Bonchev–Trinajstić information content (AvgIpc) is 2.95. The van der Waals surface area contributed by atoms with Gasteiger partial charge in [-0.15, -0.1) is 0 Å². The van der Waals surface area contributed by atoms with Gasteiger partial charge < -0.3 is 0 Å². The van der Waals surface area contributed by atoms with Gasteiger partial charge in [0.05, 0.1) is 4.90 Å². The number of ketones is 1. The molecule has 9 heteroatoms. The Balaban J connectivity index is 1.81. The van der Waals surface area contributed by atoms with Gasteiger partial charge in [0, 0.05) is 16.9 Å². The van der Waals surface area contributed by atoms with E-state index in [0.29, 0.717) is 16.9 Å². The maximum absolute atomic E-state index is 12.4. The quantitative estimate of drug-likeness (QED) is 0.640. The molecule has 0 atom stereocenters. The Morgan fingerprint density at radius 3 is 2.15 bits per heavy atom. The Morgan fingerprint density at radius 1 is 1.04 bits per heavy atom. The molecular formula is C17H13Cl2N3O3S. The van der Waals surface area contributed by atoms with Crippen LogP contribution in [0.1, 0.15) is 17.3 Å². The topological polar surface area (TPSA) is 81.1 Å². The number of carbonyl (C=O) groups is 1. The summed E-state index contributed by atoms with van der Waals surface area (Å²) in [5, 5.41) is 0.455. The van der Waals surface area contributed by atoms with Gasteiger partial charge in [-0.1, -0.05) is 35.3 Å². The summed E-state index contributed by atoms with van der Waals surface area (Å²) >= 11 is 11.9. The molecule has 1 heterocycles. The normalized spacial score (nSPS) is 11.3. The average molecular weight is 410 g/mol. The fraction of sp³-hybridized carbons (Fsp3) is 0.0588. The number of carbonyl (C=O) groups excluding carboxylic acids is 1. The van der Waals surface area contributed by atoms with Crippen molar-refractivity contribution in [2.75, 3.05) is 4.72 Å². The van der Waals surface area contributed by atoms with Crippen LogP contribution in [0.4, 0.5) is 5.69 Å². The smallest absolute Gasteiger partial charge is 0.261 e. The number of hydrogen-bond acceptors (Lipinski definition) is 4. The lowest BCUT2D eigenvalue weighted by atomic mass is 10.2. The molecule has 0 amide bonds. The first-order valence-electron chi connectivity index (χ1n) is 7.40. The highest BCUT2D eigenvalue weighted by atomic mass is 35.5. The summed E-state index contributed by atoms with van der Waals surface area (Å²) in [6, 6.07) is 12.3. The monoisotopic (exact) mass is 409 g/mol. The molecule has 26 heavy (non-hydrogen) atoms. The largest absolute Gasteiger partial charge is 0.295 e. The van der Waals surface area contributed by atoms with E-state index in [1.807, 2.05) is 0 Å². The number of hydrogen-bond donors (Lipinski definition) is 1. The molecule has 3 aromatic rings. The maximum atomic E-state index is 12.4. The second kappa shape index (κ2) is 7.11. The first-order chi connectivity index (χ1) is 12.3. The van der Waals surface area contributed by atoms with Crippen LogP contribution in [0, 0.1) is 0 Å². The third-order valence-electron chi connectivity index (χ3n) is 3.64. The van der Waals surface area contributed by atoms with Gasteiger partial charge in [0.15, 0.2) is 16.1 Å². The van der Waals surface area contributed by atoms with Gasteiger partial charge >= 0.3 is 0 Å². The number of imidazole rings is 1. The number of anilines is 1. The van der Waals surface area contributed by atoms with Crippen LogP contribution >= 0.6 is 23.2 Å². The minimum absolute atomic E-state index is 0.0658. The molecule has 0 radical (unpaired) electrons. The molecule has 0 bridgehead atoms. The number of sulfonamides is 1. The van der Waals surface area contributed by atoms with E-state index in [9.17, 15) is 13.2 Å². The highest BCUT2D eigenvalue weighted by Gasteiger charge is 2.15. The minimum atomic E-state index is -3.76. The van der Waals surface area contributed by atoms with E-state index in [4.69, 9.17) is 23.2 Å². The Kier molecular flexibility index (Phi) is 5.04. The van der Waals surface area contributed by atoms with Crippen molar-refractivity contribution in [1.29, 1.82) is 0 Å². The Hall–Kier alpha value is -2.35. The fourth-order valence-electron chi connectivity index (χ4n) is 2.26. The second-order valence-electron chi connectivity index (χ2n) is 5.43. The van der Waals surface area contributed by atoms with Crippen LogP contribution in [-0.4, -0.2) is 23.8 Å². The van der Waals surface area contributed by atoms with Crippen molar-refractivity contribution in [1.82, 2.24) is 9.55 Å². The highest BCUT2D eigenvalue weighted by Crippen LogP contribution is 2.25. The number of Topliss-reactive ketones (excluding diaryl/α,β-unsaturated/α-hetero) is 1. The predicted octanol–water partition coefficient (Wildman–Crippen LogP) is 4.18. The molecular weight excluding hydrogens is 397 g/mol. The van der Waals surface area contributed by atoms with Crippen molar-refractivity contribution >= 4 is 44.7 Å². The molecule has 0 spiro atoms. The molecule has 0 fully saturated rings. The molecule has 0 unspecified atom stereocenters. The van der Waals surface area contributed by atoms with Gasteiger partial charge in [-0.2, -0.15) is 0 Å². The van der Waals surface area contributed by atoms with Gasteiger partial charge in [0.1, 0.15) is 6.33 Å². The van der Waals surface area contributed by atoms with Crippen LogP contribution in [0.15, 0.2) is 59.8 Å². The minimum Gasteiger partial charge on any atom is -0.295 e. The van der Waals surface area contributed by atoms with Crippen LogP contribution in [0.3, 0.4) is 0 Å². The molecule has 1 N–H and O–H groups in total. The van der Waals surface area contributed by atoms with E-state index in [-0.39, 0.29) is 21.0 Å². The van der Waals surface area contributed by atoms with Gasteiger partial charge in [-0.3, -0.25) is 14.1 Å². The first-order valence-corrected chi connectivity index (χ1v) is 9.64. The number of benzene rings is 2. The number of nitrogens with one attached hydrogen (secondary N) is 1. The van der Waals surface area contributed by atoms with Gasteiger partial charge in [-0.25, -0.2) is 13.4 Å². The van der Waals surface area contributed by atoms with Crippen molar-refractivity contribution in [3.63, 3.8) is 0 Å². The number of halogens is 2. The van der Waals surface area contributed by atoms with E-state index < -0.39 is 10.0 Å². The number of nitrogens with zero attached hydrogens (tertiary/aromatic N) is 2. The third-order valence-corrected chi connectivity index (χ3v) is 5.77. The Labute approximate surface area is 160 Å². The van der Waals surface area contributed by atoms with Crippen LogP contribution in [0.25, 0.3) is 5.69 Å². The van der Waals surface area contributed by atoms with Crippen molar-refractivity contribution in [2.45, 2.75) is 11.8 Å². The molecule has 0 saturated heterocycles. The van der Waals surface area contributed by atoms with Crippen LogP contribution < -0.4 is 4.72 Å². The standard InChI is InChI=1S/C17H13Cl2N3O3S/c1-11(23)12-2-8-15(9-3-12)26(24,25)21-13-4-6-14(7-5-13)22-10-20-16(18)17(22)19/h2-10,21H,1H3. The van der Waals surface area contributed by atoms with E-state index >= 15 is 0 Å². The van der Waals surface area contributed by atoms with Crippen molar-refractivity contribution in [2.24, 2.45) is 0 Å². The van der Waals surface area contributed by atoms with Gasteiger partial charge in [-0.05, 0) is 43.3 Å². The molecule has 3 rings (SSSR count). The lowest BCUT2D eigenvalue weighted by Gasteiger charge is -2.10. The molecule has 0 aliphatic carbocycles. The summed E-state index contributed by atoms with van der Waals surface area (Å²) in [6.07, 6.45) is 1.47. The highest BCUT2D eigenvalue weighted by molar-refractivity contribution is 7.92. The molecule has 0 saturated carbocycles. The molecule has 6 nitrogen and oxygen atoms in total. The van der Waals surface area contributed by atoms with Gasteiger partial charge in [0.2, 0.25) is 0 Å². The lowest BCUT2D eigenvalue weighted by Crippen LogP contribution is -2.13. The lowest BCUT2D eigenvalue weighted by molar-refractivity contribution is 0.101. The van der Waals surface area contributed by atoms with Crippen LogP contribution in [-0.2, 0) is 10.0 Å². The van der Waals surface area contributed by atoms with Crippen LogP contribution in [0.5, 0.6) is 0 Å². The van der Waals surface area contributed by atoms with Crippen molar-refractivity contribution in [3.8, 4) is 5.69 Å². The number of rotatable bonds is 5. The summed E-state index contributed by atoms with van der Waals surface area (Å²) in [7, 11) is -3.76. The summed E-state index contributed by atoms with van der Waals surface area (Å²) in [6.45, 7) is 1.42. The summed E-state index contributed by atoms with van der Waals surface area (Å²) < 4.78 is 28.9. The fourth-order valence-corrected chi connectivity index (χ4v) is 3.65. The summed E-state index contributed by atoms with van der Waals surface area (Å²) in [5.41, 5.74) is 1.51.